The van der Waals surface area contributed by atoms with Crippen molar-refractivity contribution in [1.82, 2.24) is 25.0 Å². The molecule has 3 aromatic rings. The predicted molar refractivity (Wildman–Crippen MR) is 121 cm³/mol. The van der Waals surface area contributed by atoms with E-state index in [0.717, 1.165) is 61.5 Å². The summed E-state index contributed by atoms with van der Waals surface area (Å²) in [5.41, 5.74) is 8.41. The molecule has 0 radical (unpaired) electrons. The third-order valence-corrected chi connectivity index (χ3v) is 7.59. The van der Waals surface area contributed by atoms with E-state index in [1.807, 2.05) is 16.9 Å². The van der Waals surface area contributed by atoms with E-state index in [9.17, 15) is 0 Å². The number of pyridine rings is 1. The standard InChI is InChI=1S/C23H31N7O2/c24-13-17-15-31-11-9-29(17)21-12-18(16-2-6-23(7-3-16)5-1-10-32-23)19-14-26-30(22(19)27-21)20-4-8-25-28-20/h4,8,12,14,16-17H,1-3,5-7,9-11,13,15,24H2,(H,25,28)/t16?,17-,23?/m1/s1. The topological polar surface area (TPSA) is 107 Å². The number of hydrogen-bond acceptors (Lipinski definition) is 7. The van der Waals surface area contributed by atoms with Crippen LogP contribution in [-0.4, -0.2) is 69.5 Å². The second-order valence-corrected chi connectivity index (χ2v) is 9.37. The molecule has 1 spiro atoms. The van der Waals surface area contributed by atoms with Crippen LogP contribution >= 0.6 is 0 Å². The number of aromatic amines is 1. The first-order valence-corrected chi connectivity index (χ1v) is 11.8. The first-order chi connectivity index (χ1) is 15.8. The summed E-state index contributed by atoms with van der Waals surface area (Å²) in [5.74, 6) is 2.26. The van der Waals surface area contributed by atoms with Crippen LogP contribution in [0, 0.1) is 0 Å². The Hall–Kier alpha value is -2.49. The summed E-state index contributed by atoms with van der Waals surface area (Å²) < 4.78 is 13.7. The van der Waals surface area contributed by atoms with Crippen molar-refractivity contribution in [2.24, 2.45) is 5.73 Å². The molecule has 2 saturated heterocycles. The molecule has 3 fully saturated rings. The van der Waals surface area contributed by atoms with Gasteiger partial charge in [0.05, 0.1) is 37.3 Å². The molecule has 0 bridgehead atoms. The van der Waals surface area contributed by atoms with Crippen LogP contribution in [0.3, 0.4) is 0 Å². The van der Waals surface area contributed by atoms with Crippen LogP contribution in [0.1, 0.15) is 50.0 Å². The maximum absolute atomic E-state index is 6.18. The lowest BCUT2D eigenvalue weighted by atomic mass is 9.74. The fourth-order valence-electron chi connectivity index (χ4n) is 5.79. The van der Waals surface area contributed by atoms with E-state index in [2.05, 4.69) is 26.3 Å². The van der Waals surface area contributed by atoms with Gasteiger partial charge < -0.3 is 20.1 Å². The molecule has 170 valence electrons. The van der Waals surface area contributed by atoms with Crippen molar-refractivity contribution in [2.75, 3.05) is 37.8 Å². The minimum absolute atomic E-state index is 0.125. The quantitative estimate of drug-likeness (QED) is 0.646. The van der Waals surface area contributed by atoms with Gasteiger partial charge in [0.1, 0.15) is 5.82 Å². The van der Waals surface area contributed by atoms with Crippen molar-refractivity contribution >= 4 is 16.9 Å². The number of hydrogen-bond donors (Lipinski definition) is 2. The molecule has 0 aromatic carbocycles. The maximum Gasteiger partial charge on any atom is 0.167 e. The van der Waals surface area contributed by atoms with Crippen LogP contribution in [-0.2, 0) is 9.47 Å². The average Bonchev–Trinajstić information content (AvgIpc) is 3.60. The summed E-state index contributed by atoms with van der Waals surface area (Å²) in [7, 11) is 0. The molecule has 6 rings (SSSR count). The third kappa shape index (κ3) is 3.39. The highest BCUT2D eigenvalue weighted by Gasteiger charge is 2.40. The van der Waals surface area contributed by atoms with Gasteiger partial charge in [-0.25, -0.2) is 4.98 Å². The van der Waals surface area contributed by atoms with E-state index < -0.39 is 0 Å². The Kier molecular flexibility index (Phi) is 5.12. The molecule has 5 heterocycles. The van der Waals surface area contributed by atoms with Crippen LogP contribution < -0.4 is 10.6 Å². The molecule has 2 aliphatic heterocycles. The molecular weight excluding hydrogens is 406 g/mol. The lowest BCUT2D eigenvalue weighted by Gasteiger charge is -2.38. The molecule has 3 aliphatic rings. The highest BCUT2D eigenvalue weighted by Crippen LogP contribution is 2.46. The zero-order chi connectivity index (χ0) is 21.5. The minimum Gasteiger partial charge on any atom is -0.377 e. The molecule has 3 N–H and O–H groups in total. The second kappa shape index (κ2) is 8.13. The number of fused-ring (bicyclic) bond motifs is 1. The number of anilines is 1. The van der Waals surface area contributed by atoms with E-state index in [4.69, 9.17) is 20.2 Å². The van der Waals surface area contributed by atoms with Gasteiger partial charge in [0.25, 0.3) is 0 Å². The summed E-state index contributed by atoms with van der Waals surface area (Å²) in [6.45, 7) is 3.57. The molecule has 9 nitrogen and oxygen atoms in total. The smallest absolute Gasteiger partial charge is 0.167 e. The lowest BCUT2D eigenvalue weighted by Crippen LogP contribution is -2.50. The maximum atomic E-state index is 6.18. The fraction of sp³-hybridized carbons (Fsp3) is 0.609. The average molecular weight is 438 g/mol. The Balaban J connectivity index is 1.42. The summed E-state index contributed by atoms with van der Waals surface area (Å²) >= 11 is 0. The second-order valence-electron chi connectivity index (χ2n) is 9.37. The number of rotatable bonds is 4. The Morgan fingerprint density at radius 3 is 2.88 bits per heavy atom. The Morgan fingerprint density at radius 1 is 1.22 bits per heavy atom. The molecule has 0 unspecified atom stereocenters. The first kappa shape index (κ1) is 20.1. The van der Waals surface area contributed by atoms with Crippen molar-refractivity contribution in [3.63, 3.8) is 0 Å². The number of nitrogens with one attached hydrogen (secondary N) is 1. The number of nitrogens with zero attached hydrogens (tertiary/aromatic N) is 5. The molecule has 0 amide bonds. The van der Waals surface area contributed by atoms with Gasteiger partial charge in [-0.1, -0.05) is 0 Å². The fourth-order valence-corrected chi connectivity index (χ4v) is 5.79. The van der Waals surface area contributed by atoms with E-state index in [-0.39, 0.29) is 11.6 Å². The SMILES string of the molecule is NC[C@@H]1COCCN1c1cc(C2CCC3(CCCO3)CC2)c2cnn(-c3ccn[nH]3)c2n1. The van der Waals surface area contributed by atoms with Gasteiger partial charge in [0.15, 0.2) is 11.5 Å². The Labute approximate surface area is 187 Å². The molecule has 32 heavy (non-hydrogen) atoms. The zero-order valence-corrected chi connectivity index (χ0v) is 18.4. The highest BCUT2D eigenvalue weighted by molar-refractivity contribution is 5.83. The Bertz CT molecular complexity index is 1060. The summed E-state index contributed by atoms with van der Waals surface area (Å²) in [6, 6.07) is 4.33. The molecule has 9 heteroatoms. The zero-order valence-electron chi connectivity index (χ0n) is 18.4. The van der Waals surface area contributed by atoms with Crippen molar-refractivity contribution in [1.29, 1.82) is 0 Å². The van der Waals surface area contributed by atoms with Gasteiger partial charge in [0.2, 0.25) is 0 Å². The molecule has 3 aromatic heterocycles. The van der Waals surface area contributed by atoms with Crippen molar-refractivity contribution in [3.8, 4) is 5.82 Å². The number of ether oxygens (including phenoxy) is 2. The Morgan fingerprint density at radius 2 is 2.12 bits per heavy atom. The van der Waals surface area contributed by atoms with Gasteiger partial charge in [0, 0.05) is 31.1 Å². The predicted octanol–water partition coefficient (Wildman–Crippen LogP) is 2.51. The van der Waals surface area contributed by atoms with Gasteiger partial charge in [-0.15, -0.1) is 0 Å². The van der Waals surface area contributed by atoms with Crippen LogP contribution in [0.2, 0.25) is 0 Å². The molecule has 1 atom stereocenters. The van der Waals surface area contributed by atoms with E-state index in [1.165, 1.54) is 18.4 Å². The van der Waals surface area contributed by atoms with Crippen molar-refractivity contribution in [3.05, 3.63) is 30.1 Å². The van der Waals surface area contributed by atoms with E-state index in [0.29, 0.717) is 25.7 Å². The molecule has 1 saturated carbocycles. The highest BCUT2D eigenvalue weighted by atomic mass is 16.5. The molecular formula is C23H31N7O2. The van der Waals surface area contributed by atoms with Gasteiger partial charge >= 0.3 is 0 Å². The van der Waals surface area contributed by atoms with Gasteiger partial charge in [-0.05, 0) is 56.1 Å². The van der Waals surface area contributed by atoms with Gasteiger partial charge in [-0.2, -0.15) is 14.9 Å². The lowest BCUT2D eigenvalue weighted by molar-refractivity contribution is -0.0280. The third-order valence-electron chi connectivity index (χ3n) is 7.59. The van der Waals surface area contributed by atoms with Gasteiger partial charge in [-0.3, -0.25) is 5.10 Å². The molecule has 1 aliphatic carbocycles. The van der Waals surface area contributed by atoms with Crippen LogP contribution in [0.25, 0.3) is 16.9 Å². The largest absolute Gasteiger partial charge is 0.377 e. The van der Waals surface area contributed by atoms with E-state index in [1.54, 1.807) is 6.20 Å². The summed E-state index contributed by atoms with van der Waals surface area (Å²) in [5, 5.41) is 12.9. The summed E-state index contributed by atoms with van der Waals surface area (Å²) in [6.07, 6.45) is 10.6. The minimum atomic E-state index is 0.125. The normalized spacial score (nSPS) is 28.7. The van der Waals surface area contributed by atoms with Crippen LogP contribution in [0.5, 0.6) is 0 Å². The summed E-state index contributed by atoms with van der Waals surface area (Å²) in [4.78, 5) is 7.39. The van der Waals surface area contributed by atoms with Crippen molar-refractivity contribution < 1.29 is 9.47 Å². The van der Waals surface area contributed by atoms with Crippen LogP contribution in [0.4, 0.5) is 5.82 Å². The monoisotopic (exact) mass is 437 g/mol. The van der Waals surface area contributed by atoms with Crippen molar-refractivity contribution in [2.45, 2.75) is 56.1 Å². The number of H-pyrrole nitrogens is 1. The number of nitrogens with two attached hydrogens (primary N) is 1. The van der Waals surface area contributed by atoms with Crippen LogP contribution in [0.15, 0.2) is 24.5 Å². The number of morpholine rings is 1. The van der Waals surface area contributed by atoms with E-state index >= 15 is 0 Å². The first-order valence-electron chi connectivity index (χ1n) is 11.8. The number of aromatic nitrogens is 5.